The van der Waals surface area contributed by atoms with Gasteiger partial charge >= 0.3 is 5.97 Å². The highest BCUT2D eigenvalue weighted by molar-refractivity contribution is 9.10. The van der Waals surface area contributed by atoms with Crippen molar-refractivity contribution in [2.75, 3.05) is 7.11 Å². The zero-order valence-electron chi connectivity index (χ0n) is 8.03. The molecular weight excluding hydrogens is 258 g/mol. The Morgan fingerprint density at radius 3 is 3.00 bits per heavy atom. The molecule has 0 aliphatic rings. The van der Waals surface area contributed by atoms with Crippen molar-refractivity contribution in [2.24, 2.45) is 0 Å². The van der Waals surface area contributed by atoms with Crippen molar-refractivity contribution in [3.8, 4) is 0 Å². The molecule has 0 saturated carbocycles. The number of fused-ring (bicyclic) bond motifs is 1. The van der Waals surface area contributed by atoms with Crippen molar-refractivity contribution in [1.82, 2.24) is 4.98 Å². The molecule has 0 aliphatic heterocycles. The Labute approximate surface area is 95.2 Å². The van der Waals surface area contributed by atoms with Crippen molar-refractivity contribution in [3.05, 3.63) is 40.6 Å². The van der Waals surface area contributed by atoms with Crippen molar-refractivity contribution in [2.45, 2.75) is 0 Å². The van der Waals surface area contributed by atoms with Crippen molar-refractivity contribution < 1.29 is 9.53 Å². The van der Waals surface area contributed by atoms with Gasteiger partial charge in [-0.25, -0.2) is 4.79 Å². The largest absolute Gasteiger partial charge is 0.465 e. The van der Waals surface area contributed by atoms with Crippen LogP contribution in [-0.4, -0.2) is 18.1 Å². The van der Waals surface area contributed by atoms with E-state index in [2.05, 4.69) is 25.7 Å². The van der Waals surface area contributed by atoms with Crippen LogP contribution in [0.15, 0.2) is 35.1 Å². The molecule has 0 bridgehead atoms. The van der Waals surface area contributed by atoms with E-state index in [0.29, 0.717) is 5.56 Å². The number of benzene rings is 1. The van der Waals surface area contributed by atoms with Gasteiger partial charge in [0.2, 0.25) is 0 Å². The minimum absolute atomic E-state index is 0.339. The predicted octanol–water partition coefficient (Wildman–Crippen LogP) is 2.78. The number of aromatic nitrogens is 1. The molecule has 15 heavy (non-hydrogen) atoms. The van der Waals surface area contributed by atoms with Gasteiger partial charge in [-0.1, -0.05) is 15.9 Å². The van der Waals surface area contributed by atoms with Crippen LogP contribution in [0.3, 0.4) is 0 Å². The van der Waals surface area contributed by atoms with Gasteiger partial charge in [0.1, 0.15) is 0 Å². The summed E-state index contributed by atoms with van der Waals surface area (Å²) in [6.45, 7) is 0. The lowest BCUT2D eigenvalue weighted by Crippen LogP contribution is -2.00. The van der Waals surface area contributed by atoms with Crippen LogP contribution < -0.4 is 0 Å². The smallest absolute Gasteiger partial charge is 0.337 e. The van der Waals surface area contributed by atoms with Gasteiger partial charge in [0.05, 0.1) is 12.7 Å². The van der Waals surface area contributed by atoms with Gasteiger partial charge in [-0.15, -0.1) is 0 Å². The average Bonchev–Trinajstić information content (AvgIpc) is 2.28. The lowest BCUT2D eigenvalue weighted by Gasteiger charge is -2.03. The predicted molar refractivity (Wildman–Crippen MR) is 60.8 cm³/mol. The number of ether oxygens (including phenoxy) is 1. The first-order valence-electron chi connectivity index (χ1n) is 4.34. The summed E-state index contributed by atoms with van der Waals surface area (Å²) >= 11 is 3.40. The van der Waals surface area contributed by atoms with Gasteiger partial charge in [-0.2, -0.15) is 0 Å². The number of carbonyl (C=O) groups is 1. The number of rotatable bonds is 1. The summed E-state index contributed by atoms with van der Waals surface area (Å²) < 4.78 is 5.51. The highest BCUT2D eigenvalue weighted by Gasteiger charge is 2.08. The number of carbonyl (C=O) groups excluding carboxylic acids is 1. The molecule has 3 nitrogen and oxygen atoms in total. The van der Waals surface area contributed by atoms with E-state index in [1.54, 1.807) is 24.5 Å². The quantitative estimate of drug-likeness (QED) is 0.745. The second-order valence-electron chi connectivity index (χ2n) is 3.05. The number of nitrogens with zero attached hydrogens (tertiary/aromatic N) is 1. The summed E-state index contributed by atoms with van der Waals surface area (Å²) in [5.74, 6) is -0.339. The molecule has 1 aromatic carbocycles. The van der Waals surface area contributed by atoms with E-state index in [1.807, 2.05) is 6.07 Å². The van der Waals surface area contributed by atoms with Gasteiger partial charge in [0, 0.05) is 22.3 Å². The summed E-state index contributed by atoms with van der Waals surface area (Å²) in [6.07, 6.45) is 3.44. The highest BCUT2D eigenvalue weighted by atomic mass is 79.9. The van der Waals surface area contributed by atoms with E-state index in [0.717, 1.165) is 15.2 Å². The summed E-state index contributed by atoms with van der Waals surface area (Å²) in [5, 5.41) is 1.94. The fraction of sp³-hybridized carbons (Fsp3) is 0.0909. The fourth-order valence-corrected chi connectivity index (χ4v) is 1.97. The lowest BCUT2D eigenvalue weighted by atomic mass is 10.1. The minimum atomic E-state index is -0.339. The van der Waals surface area contributed by atoms with E-state index in [4.69, 9.17) is 0 Å². The molecule has 0 spiro atoms. The standard InChI is InChI=1S/C11H8BrNO2/c1-15-11(14)8-4-7-2-3-13-6-9(7)10(12)5-8/h2-6H,1H3. The summed E-state index contributed by atoms with van der Waals surface area (Å²) in [5.41, 5.74) is 0.531. The Bertz CT molecular complexity index is 525. The summed E-state index contributed by atoms with van der Waals surface area (Å²) in [6, 6.07) is 5.37. The SMILES string of the molecule is COC(=O)c1cc(Br)c2cnccc2c1. The number of halogens is 1. The topological polar surface area (TPSA) is 39.2 Å². The monoisotopic (exact) mass is 265 g/mol. The summed E-state index contributed by atoms with van der Waals surface area (Å²) in [4.78, 5) is 15.4. The maximum atomic E-state index is 11.4. The number of hydrogen-bond acceptors (Lipinski definition) is 3. The number of esters is 1. The van der Waals surface area contributed by atoms with Gasteiger partial charge < -0.3 is 4.74 Å². The lowest BCUT2D eigenvalue weighted by molar-refractivity contribution is 0.0601. The first-order chi connectivity index (χ1) is 7.22. The third-order valence-electron chi connectivity index (χ3n) is 2.13. The maximum absolute atomic E-state index is 11.4. The van der Waals surface area contributed by atoms with Crippen LogP contribution in [0.2, 0.25) is 0 Å². The second-order valence-corrected chi connectivity index (χ2v) is 3.90. The number of methoxy groups -OCH3 is 1. The molecule has 2 rings (SSSR count). The normalized spacial score (nSPS) is 10.3. The molecule has 2 aromatic rings. The van der Waals surface area contributed by atoms with E-state index in [9.17, 15) is 4.79 Å². The summed E-state index contributed by atoms with van der Waals surface area (Å²) in [7, 11) is 1.37. The highest BCUT2D eigenvalue weighted by Crippen LogP contribution is 2.25. The van der Waals surface area contributed by atoms with Crippen LogP contribution in [0.5, 0.6) is 0 Å². The minimum Gasteiger partial charge on any atom is -0.465 e. The van der Waals surface area contributed by atoms with Crippen molar-refractivity contribution in [3.63, 3.8) is 0 Å². The molecule has 0 aliphatic carbocycles. The molecule has 0 unspecified atom stereocenters. The molecule has 1 heterocycles. The molecule has 0 N–H and O–H groups in total. The molecule has 4 heteroatoms. The Morgan fingerprint density at radius 1 is 1.47 bits per heavy atom. The second kappa shape index (κ2) is 3.98. The Kier molecular flexibility index (Phi) is 2.68. The van der Waals surface area contributed by atoms with Gasteiger partial charge in [-0.05, 0) is 23.6 Å². The van der Waals surface area contributed by atoms with Gasteiger partial charge in [0.25, 0.3) is 0 Å². The third-order valence-corrected chi connectivity index (χ3v) is 2.78. The first-order valence-corrected chi connectivity index (χ1v) is 5.13. The molecule has 0 saturated heterocycles. The third kappa shape index (κ3) is 1.85. The molecular formula is C11H8BrNO2. The van der Waals surface area contributed by atoms with E-state index < -0.39 is 0 Å². The van der Waals surface area contributed by atoms with Gasteiger partial charge in [0.15, 0.2) is 0 Å². The van der Waals surface area contributed by atoms with Crippen LogP contribution in [0.4, 0.5) is 0 Å². The van der Waals surface area contributed by atoms with E-state index in [-0.39, 0.29) is 5.97 Å². The Morgan fingerprint density at radius 2 is 2.27 bits per heavy atom. The Balaban J connectivity index is 2.67. The van der Waals surface area contributed by atoms with Crippen molar-refractivity contribution >= 4 is 32.7 Å². The molecule has 0 amide bonds. The van der Waals surface area contributed by atoms with E-state index in [1.165, 1.54) is 7.11 Å². The molecule has 0 radical (unpaired) electrons. The fourth-order valence-electron chi connectivity index (χ4n) is 1.39. The van der Waals surface area contributed by atoms with E-state index >= 15 is 0 Å². The number of pyridine rings is 1. The maximum Gasteiger partial charge on any atom is 0.337 e. The Hall–Kier alpha value is -1.42. The zero-order chi connectivity index (χ0) is 10.8. The molecule has 0 fully saturated rings. The molecule has 0 atom stereocenters. The van der Waals surface area contributed by atoms with Crippen LogP contribution in [0.1, 0.15) is 10.4 Å². The van der Waals surface area contributed by atoms with Crippen LogP contribution >= 0.6 is 15.9 Å². The first kappa shape index (κ1) is 10.1. The van der Waals surface area contributed by atoms with Crippen LogP contribution in [-0.2, 0) is 4.74 Å². The van der Waals surface area contributed by atoms with Gasteiger partial charge in [-0.3, -0.25) is 4.98 Å². The molecule has 76 valence electrons. The molecule has 1 aromatic heterocycles. The van der Waals surface area contributed by atoms with Crippen molar-refractivity contribution in [1.29, 1.82) is 0 Å². The van der Waals surface area contributed by atoms with Crippen LogP contribution in [0.25, 0.3) is 10.8 Å². The van der Waals surface area contributed by atoms with Crippen LogP contribution in [0, 0.1) is 0 Å². The average molecular weight is 266 g/mol. The zero-order valence-corrected chi connectivity index (χ0v) is 9.61. The number of hydrogen-bond donors (Lipinski definition) is 0.